The first-order valence-electron chi connectivity index (χ1n) is 6.56. The Labute approximate surface area is 111 Å². The molecule has 2 atom stereocenters. The van der Waals surface area contributed by atoms with Crippen LogP contribution in [0.4, 0.5) is 8.78 Å². The Hall–Kier alpha value is -1.20. The Bertz CT molecular complexity index is 391. The summed E-state index contributed by atoms with van der Waals surface area (Å²) in [4.78, 5) is 0. The van der Waals surface area contributed by atoms with Gasteiger partial charge in [-0.25, -0.2) is 0 Å². The molecule has 1 aliphatic carbocycles. The van der Waals surface area contributed by atoms with Crippen LogP contribution in [-0.4, -0.2) is 17.8 Å². The summed E-state index contributed by atoms with van der Waals surface area (Å²) < 4.78 is 28.3. The van der Waals surface area contributed by atoms with Crippen molar-refractivity contribution in [3.05, 3.63) is 29.8 Å². The number of alkyl halides is 2. The Balaban J connectivity index is 2.00. The normalized spacial score (nSPS) is 19.6. The van der Waals surface area contributed by atoms with Crippen molar-refractivity contribution in [3.63, 3.8) is 0 Å². The van der Waals surface area contributed by atoms with Crippen molar-refractivity contribution < 1.29 is 18.6 Å². The van der Waals surface area contributed by atoms with Crippen molar-refractivity contribution in [2.75, 3.05) is 0 Å². The molecule has 0 saturated heterocycles. The highest BCUT2D eigenvalue weighted by Gasteiger charge is 2.28. The van der Waals surface area contributed by atoms with E-state index in [2.05, 4.69) is 4.74 Å². The van der Waals surface area contributed by atoms with Crippen molar-refractivity contribution in [1.82, 2.24) is 0 Å². The summed E-state index contributed by atoms with van der Waals surface area (Å²) in [7, 11) is 0. The van der Waals surface area contributed by atoms with Gasteiger partial charge in [0.1, 0.15) is 5.75 Å². The molecular formula is C14H19F2NO2. The molecular weight excluding hydrogens is 252 g/mol. The van der Waals surface area contributed by atoms with Crippen LogP contribution in [0.2, 0.25) is 0 Å². The Morgan fingerprint density at radius 3 is 2.26 bits per heavy atom. The van der Waals surface area contributed by atoms with Gasteiger partial charge >= 0.3 is 6.61 Å². The average Bonchev–Trinajstić information content (AvgIpc) is 2.91. The highest BCUT2D eigenvalue weighted by molar-refractivity contribution is 5.29. The molecule has 1 fully saturated rings. The van der Waals surface area contributed by atoms with Crippen molar-refractivity contribution in [1.29, 1.82) is 0 Å². The quantitative estimate of drug-likeness (QED) is 0.865. The molecule has 0 amide bonds. The summed E-state index contributed by atoms with van der Waals surface area (Å²) in [5.74, 6) is 0.341. The second-order valence-corrected chi connectivity index (χ2v) is 5.01. The Morgan fingerprint density at radius 1 is 1.16 bits per heavy atom. The van der Waals surface area contributed by atoms with Gasteiger partial charge in [0, 0.05) is 0 Å². The number of ether oxygens (including phenoxy) is 1. The Kier molecular flexibility index (Phi) is 4.71. The van der Waals surface area contributed by atoms with Gasteiger partial charge in [-0.05, 0) is 36.5 Å². The fraction of sp³-hybridized carbons (Fsp3) is 0.571. The first kappa shape index (κ1) is 14.2. The van der Waals surface area contributed by atoms with Crippen LogP contribution in [0, 0.1) is 5.92 Å². The molecule has 1 aliphatic rings. The summed E-state index contributed by atoms with van der Waals surface area (Å²) in [6, 6.07) is 5.66. The maximum Gasteiger partial charge on any atom is 0.387 e. The van der Waals surface area contributed by atoms with Crippen LogP contribution in [0.15, 0.2) is 24.3 Å². The fourth-order valence-corrected chi connectivity index (χ4v) is 2.66. The minimum absolute atomic E-state index is 0.0984. The number of rotatable bonds is 5. The van der Waals surface area contributed by atoms with E-state index in [0.717, 1.165) is 31.2 Å². The smallest absolute Gasteiger partial charge is 0.387 e. The molecule has 106 valence electrons. The third-order valence-corrected chi connectivity index (χ3v) is 3.74. The highest BCUT2D eigenvalue weighted by atomic mass is 19.3. The van der Waals surface area contributed by atoms with Crippen LogP contribution in [0.3, 0.4) is 0 Å². The van der Waals surface area contributed by atoms with Gasteiger partial charge in [-0.3, -0.25) is 0 Å². The van der Waals surface area contributed by atoms with Crippen LogP contribution in [0.5, 0.6) is 5.75 Å². The van der Waals surface area contributed by atoms with Gasteiger partial charge in [-0.1, -0.05) is 25.0 Å². The number of hydrogen-bond donors (Lipinski definition) is 2. The first-order valence-corrected chi connectivity index (χ1v) is 6.56. The number of hydrogen-bond acceptors (Lipinski definition) is 3. The molecule has 3 nitrogen and oxygen atoms in total. The number of halogens is 2. The van der Waals surface area contributed by atoms with Gasteiger partial charge in [-0.2, -0.15) is 8.78 Å². The molecule has 0 radical (unpaired) electrons. The van der Waals surface area contributed by atoms with E-state index in [0.29, 0.717) is 0 Å². The van der Waals surface area contributed by atoms with Crippen LogP contribution in [-0.2, 0) is 0 Å². The van der Waals surface area contributed by atoms with E-state index in [1.807, 2.05) is 0 Å². The minimum Gasteiger partial charge on any atom is -0.435 e. The molecule has 0 unspecified atom stereocenters. The van der Waals surface area contributed by atoms with E-state index in [-0.39, 0.29) is 11.7 Å². The summed E-state index contributed by atoms with van der Waals surface area (Å²) in [6.45, 7) is -2.83. The molecule has 0 spiro atoms. The van der Waals surface area contributed by atoms with E-state index in [9.17, 15) is 13.9 Å². The minimum atomic E-state index is -2.83. The maximum absolute atomic E-state index is 12.0. The lowest BCUT2D eigenvalue weighted by atomic mass is 9.91. The maximum atomic E-state index is 12.0. The zero-order valence-corrected chi connectivity index (χ0v) is 10.6. The van der Waals surface area contributed by atoms with Crippen LogP contribution in [0.1, 0.15) is 37.3 Å². The lowest BCUT2D eigenvalue weighted by Gasteiger charge is -2.24. The predicted octanol–water partition coefficient (Wildman–Crippen LogP) is 2.84. The van der Waals surface area contributed by atoms with Crippen molar-refractivity contribution in [2.45, 2.75) is 44.4 Å². The molecule has 19 heavy (non-hydrogen) atoms. The van der Waals surface area contributed by atoms with Crippen LogP contribution < -0.4 is 10.5 Å². The van der Waals surface area contributed by atoms with Gasteiger partial charge < -0.3 is 15.6 Å². The fourth-order valence-electron chi connectivity index (χ4n) is 2.66. The number of aliphatic hydroxyl groups excluding tert-OH is 1. The average molecular weight is 271 g/mol. The monoisotopic (exact) mass is 271 g/mol. The van der Waals surface area contributed by atoms with E-state index in [1.54, 1.807) is 12.1 Å². The topological polar surface area (TPSA) is 55.5 Å². The zero-order valence-electron chi connectivity index (χ0n) is 10.6. The largest absolute Gasteiger partial charge is 0.435 e. The molecule has 0 bridgehead atoms. The zero-order chi connectivity index (χ0) is 13.8. The molecule has 0 aromatic heterocycles. The molecule has 2 rings (SSSR count). The Morgan fingerprint density at radius 2 is 1.74 bits per heavy atom. The predicted molar refractivity (Wildman–Crippen MR) is 68.0 cm³/mol. The molecule has 0 aliphatic heterocycles. The molecule has 0 heterocycles. The lowest BCUT2D eigenvalue weighted by molar-refractivity contribution is -0.0498. The van der Waals surface area contributed by atoms with Gasteiger partial charge in [0.05, 0.1) is 12.1 Å². The van der Waals surface area contributed by atoms with Gasteiger partial charge in [0.2, 0.25) is 0 Å². The number of aliphatic hydroxyl groups is 1. The van der Waals surface area contributed by atoms with Crippen LogP contribution >= 0.6 is 0 Å². The molecule has 3 N–H and O–H groups in total. The summed E-state index contributed by atoms with van der Waals surface area (Å²) >= 11 is 0. The summed E-state index contributed by atoms with van der Waals surface area (Å²) in [6.07, 6.45) is 3.69. The van der Waals surface area contributed by atoms with Crippen LogP contribution in [0.25, 0.3) is 0 Å². The summed E-state index contributed by atoms with van der Waals surface area (Å²) in [5.41, 5.74) is 6.77. The van der Waals surface area contributed by atoms with Gasteiger partial charge in [0.15, 0.2) is 0 Å². The third kappa shape index (κ3) is 3.64. The third-order valence-electron chi connectivity index (χ3n) is 3.74. The highest BCUT2D eigenvalue weighted by Crippen LogP contribution is 2.32. The standard InChI is InChI=1S/C14H19F2NO2/c15-14(16)19-11-7-5-9(6-8-11)12(17)13(18)10-3-1-2-4-10/h5-8,10,12-14,18H,1-4,17H2/t12-,13+/m0/s1. The van der Waals surface area contributed by atoms with E-state index >= 15 is 0 Å². The first-order chi connectivity index (χ1) is 9.08. The van der Waals surface area contributed by atoms with Gasteiger partial charge in [0.25, 0.3) is 0 Å². The number of benzene rings is 1. The molecule has 5 heteroatoms. The summed E-state index contributed by atoms with van der Waals surface area (Å²) in [5, 5.41) is 10.2. The lowest BCUT2D eigenvalue weighted by Crippen LogP contribution is -2.31. The van der Waals surface area contributed by atoms with Crippen molar-refractivity contribution in [2.24, 2.45) is 11.7 Å². The SMILES string of the molecule is N[C@@H](c1ccc(OC(F)F)cc1)[C@H](O)C1CCCC1. The van der Waals surface area contributed by atoms with Crippen molar-refractivity contribution in [3.8, 4) is 5.75 Å². The van der Waals surface area contributed by atoms with Gasteiger partial charge in [-0.15, -0.1) is 0 Å². The molecule has 1 aromatic rings. The van der Waals surface area contributed by atoms with E-state index in [4.69, 9.17) is 5.73 Å². The second kappa shape index (κ2) is 6.30. The van der Waals surface area contributed by atoms with E-state index in [1.165, 1.54) is 12.1 Å². The second-order valence-electron chi connectivity index (χ2n) is 5.01. The number of nitrogens with two attached hydrogens (primary N) is 1. The molecule has 1 aromatic carbocycles. The van der Waals surface area contributed by atoms with E-state index < -0.39 is 18.8 Å². The molecule has 1 saturated carbocycles. The van der Waals surface area contributed by atoms with Crippen molar-refractivity contribution >= 4 is 0 Å².